The van der Waals surface area contributed by atoms with Gasteiger partial charge in [0.25, 0.3) is 0 Å². The van der Waals surface area contributed by atoms with Gasteiger partial charge in [0.05, 0.1) is 37.6 Å². The number of hydrogen-bond donors (Lipinski definition) is 5. The van der Waals surface area contributed by atoms with Crippen LogP contribution in [-0.4, -0.2) is 101 Å². The highest BCUT2D eigenvalue weighted by molar-refractivity contribution is 5.89. The van der Waals surface area contributed by atoms with Gasteiger partial charge in [-0.1, -0.05) is 13.0 Å². The summed E-state index contributed by atoms with van der Waals surface area (Å²) >= 11 is 0. The van der Waals surface area contributed by atoms with Gasteiger partial charge in [0.15, 0.2) is 6.29 Å². The van der Waals surface area contributed by atoms with Gasteiger partial charge >= 0.3 is 11.9 Å². The minimum absolute atomic E-state index is 0.0368. The number of carbonyl (C=O) groups is 2. The fourth-order valence-corrected chi connectivity index (χ4v) is 4.22. The predicted molar refractivity (Wildman–Crippen MR) is 107 cm³/mol. The van der Waals surface area contributed by atoms with Crippen molar-refractivity contribution in [2.75, 3.05) is 20.3 Å². The standard InChI is InChI=1S/C21H30O12/c1-3-4-13(24)30-7-9-5-11(23)15-10(19(28)29-2)8-31-20(14(9)15)33-21-18(27)17(26)16(25)12(6-22)32-21/h5,8,11-12,14-18,20-23,25-27H,3-4,6-7H2,1-2H3/t11-,12+,14+,15-,16+,17-,18+,20-,21-/m0/s1. The van der Waals surface area contributed by atoms with Crippen molar-refractivity contribution in [1.82, 2.24) is 0 Å². The number of esters is 2. The molecule has 0 saturated carbocycles. The molecule has 3 aliphatic rings. The molecule has 0 aromatic rings. The van der Waals surface area contributed by atoms with Gasteiger partial charge in [0.1, 0.15) is 31.0 Å². The van der Waals surface area contributed by atoms with Crippen LogP contribution in [0.2, 0.25) is 0 Å². The maximum absolute atomic E-state index is 12.2. The lowest BCUT2D eigenvalue weighted by Gasteiger charge is -2.43. The Morgan fingerprint density at radius 2 is 1.79 bits per heavy atom. The Kier molecular flexibility index (Phi) is 8.45. The minimum Gasteiger partial charge on any atom is -0.471 e. The first kappa shape index (κ1) is 25.6. The topological polar surface area (TPSA) is 181 Å². The molecule has 5 N–H and O–H groups in total. The molecule has 33 heavy (non-hydrogen) atoms. The van der Waals surface area contributed by atoms with Crippen LogP contribution in [0.3, 0.4) is 0 Å². The van der Waals surface area contributed by atoms with Gasteiger partial charge in [0, 0.05) is 12.3 Å². The molecule has 0 aromatic carbocycles. The fourth-order valence-electron chi connectivity index (χ4n) is 4.22. The summed E-state index contributed by atoms with van der Waals surface area (Å²) in [6.07, 6.45) is -6.71. The molecule has 0 aromatic heterocycles. The first-order chi connectivity index (χ1) is 15.7. The molecule has 1 saturated heterocycles. The lowest BCUT2D eigenvalue weighted by Crippen LogP contribution is -2.60. The van der Waals surface area contributed by atoms with E-state index in [0.717, 1.165) is 6.26 Å². The Morgan fingerprint density at radius 1 is 1.06 bits per heavy atom. The number of ether oxygens (including phenoxy) is 5. The number of aliphatic hydroxyl groups excluding tert-OH is 5. The van der Waals surface area contributed by atoms with Crippen LogP contribution in [-0.2, 0) is 33.3 Å². The third kappa shape index (κ3) is 5.22. The Hall–Kier alpha value is -2.06. The molecule has 0 radical (unpaired) electrons. The number of hydrogen-bond acceptors (Lipinski definition) is 12. The summed E-state index contributed by atoms with van der Waals surface area (Å²) in [5.74, 6) is -2.86. The van der Waals surface area contributed by atoms with Gasteiger partial charge in [-0.15, -0.1) is 0 Å². The van der Waals surface area contributed by atoms with Gasteiger partial charge in [-0.2, -0.15) is 0 Å². The quantitative estimate of drug-likeness (QED) is 0.195. The molecular weight excluding hydrogens is 444 g/mol. The van der Waals surface area contributed by atoms with Crippen molar-refractivity contribution in [3.63, 3.8) is 0 Å². The highest BCUT2D eigenvalue weighted by Crippen LogP contribution is 2.44. The number of rotatable bonds is 8. The Balaban J connectivity index is 1.84. The zero-order valence-electron chi connectivity index (χ0n) is 18.3. The molecular formula is C21H30O12. The second-order valence-corrected chi connectivity index (χ2v) is 8.10. The van der Waals surface area contributed by atoms with E-state index in [-0.39, 0.29) is 18.6 Å². The number of methoxy groups -OCH3 is 1. The highest BCUT2D eigenvalue weighted by atomic mass is 16.8. The summed E-state index contributed by atoms with van der Waals surface area (Å²) in [6, 6.07) is 0. The zero-order chi connectivity index (χ0) is 24.3. The highest BCUT2D eigenvalue weighted by Gasteiger charge is 2.52. The van der Waals surface area contributed by atoms with E-state index >= 15 is 0 Å². The molecule has 2 heterocycles. The van der Waals surface area contributed by atoms with Crippen molar-refractivity contribution in [2.45, 2.75) is 62.9 Å². The third-order valence-corrected chi connectivity index (χ3v) is 5.94. The summed E-state index contributed by atoms with van der Waals surface area (Å²) in [7, 11) is 1.18. The molecule has 12 nitrogen and oxygen atoms in total. The Labute approximate surface area is 190 Å². The molecule has 186 valence electrons. The maximum Gasteiger partial charge on any atom is 0.337 e. The second kappa shape index (κ2) is 10.9. The number of fused-ring (bicyclic) bond motifs is 1. The molecule has 2 aliphatic heterocycles. The molecule has 1 aliphatic carbocycles. The SMILES string of the molecule is CCCC(=O)OCC1=C[C@H](O)[C@@H]2C(C(=O)OC)=CO[C@@H](O[C@@H]3O[C@H](CO)[C@@H](O)[C@H](O)[C@H]3O)[C@H]12. The molecule has 3 rings (SSSR count). The average Bonchev–Trinajstić information content (AvgIpc) is 3.14. The zero-order valence-corrected chi connectivity index (χ0v) is 18.3. The molecule has 0 spiro atoms. The maximum atomic E-state index is 12.2. The molecule has 9 atom stereocenters. The molecule has 0 unspecified atom stereocenters. The van der Waals surface area contributed by atoms with Gasteiger partial charge in [-0.3, -0.25) is 4.79 Å². The minimum atomic E-state index is -1.68. The Bertz CT molecular complexity index is 777. The lowest BCUT2D eigenvalue weighted by atomic mass is 9.82. The first-order valence-electron chi connectivity index (χ1n) is 10.7. The van der Waals surface area contributed by atoms with Crippen LogP contribution in [0.1, 0.15) is 19.8 Å². The lowest BCUT2D eigenvalue weighted by molar-refractivity contribution is -0.340. The van der Waals surface area contributed by atoms with Gasteiger partial charge < -0.3 is 49.2 Å². The van der Waals surface area contributed by atoms with Crippen molar-refractivity contribution < 1.29 is 58.8 Å². The summed E-state index contributed by atoms with van der Waals surface area (Å²) < 4.78 is 26.7. The summed E-state index contributed by atoms with van der Waals surface area (Å²) in [6.45, 7) is 0.984. The van der Waals surface area contributed by atoms with Crippen LogP contribution < -0.4 is 0 Å². The normalized spacial score (nSPS) is 38.0. The average molecular weight is 474 g/mol. The van der Waals surface area contributed by atoms with Crippen LogP contribution in [0.5, 0.6) is 0 Å². The van der Waals surface area contributed by atoms with E-state index in [9.17, 15) is 35.1 Å². The summed E-state index contributed by atoms with van der Waals surface area (Å²) in [5, 5.41) is 50.3. The molecule has 0 bridgehead atoms. The Morgan fingerprint density at radius 3 is 2.42 bits per heavy atom. The predicted octanol–water partition coefficient (Wildman–Crippen LogP) is -1.91. The van der Waals surface area contributed by atoms with Crippen LogP contribution in [0.25, 0.3) is 0 Å². The fraction of sp³-hybridized carbons (Fsp3) is 0.714. The first-order valence-corrected chi connectivity index (χ1v) is 10.7. The van der Waals surface area contributed by atoms with E-state index in [0.29, 0.717) is 12.0 Å². The van der Waals surface area contributed by atoms with Crippen molar-refractivity contribution in [1.29, 1.82) is 0 Å². The summed E-state index contributed by atoms with van der Waals surface area (Å²) in [4.78, 5) is 24.1. The largest absolute Gasteiger partial charge is 0.471 e. The molecule has 1 fully saturated rings. The third-order valence-electron chi connectivity index (χ3n) is 5.94. The van der Waals surface area contributed by atoms with Gasteiger partial charge in [-0.25, -0.2) is 4.79 Å². The van der Waals surface area contributed by atoms with E-state index < -0.39 is 73.5 Å². The van der Waals surface area contributed by atoms with Crippen LogP contribution in [0, 0.1) is 11.8 Å². The van der Waals surface area contributed by atoms with Gasteiger partial charge in [-0.05, 0) is 12.0 Å². The van der Waals surface area contributed by atoms with E-state index in [2.05, 4.69) is 0 Å². The number of aliphatic hydroxyl groups is 5. The van der Waals surface area contributed by atoms with Crippen LogP contribution >= 0.6 is 0 Å². The molecule has 12 heteroatoms. The van der Waals surface area contributed by atoms with E-state index in [1.807, 2.05) is 6.92 Å². The monoisotopic (exact) mass is 474 g/mol. The summed E-state index contributed by atoms with van der Waals surface area (Å²) in [5.41, 5.74) is 0.454. The number of carbonyl (C=O) groups excluding carboxylic acids is 2. The van der Waals surface area contributed by atoms with Crippen molar-refractivity contribution >= 4 is 11.9 Å². The second-order valence-electron chi connectivity index (χ2n) is 8.10. The van der Waals surface area contributed by atoms with E-state index in [1.54, 1.807) is 0 Å². The smallest absolute Gasteiger partial charge is 0.337 e. The van der Waals surface area contributed by atoms with E-state index in [4.69, 9.17) is 23.7 Å². The van der Waals surface area contributed by atoms with Crippen LogP contribution in [0.15, 0.2) is 23.5 Å². The van der Waals surface area contributed by atoms with Crippen molar-refractivity contribution in [3.8, 4) is 0 Å². The van der Waals surface area contributed by atoms with Crippen LogP contribution in [0.4, 0.5) is 0 Å². The van der Waals surface area contributed by atoms with Crippen molar-refractivity contribution in [2.24, 2.45) is 11.8 Å². The molecule has 0 amide bonds. The van der Waals surface area contributed by atoms with E-state index in [1.165, 1.54) is 13.2 Å². The van der Waals surface area contributed by atoms with Gasteiger partial charge in [0.2, 0.25) is 6.29 Å². The van der Waals surface area contributed by atoms with Crippen molar-refractivity contribution in [3.05, 3.63) is 23.5 Å².